The minimum Gasteiger partial charge on any atom is -0.393 e. The fourth-order valence-corrected chi connectivity index (χ4v) is 8.30. The summed E-state index contributed by atoms with van der Waals surface area (Å²) in [5.74, 6) is 1.35. The normalized spacial score (nSPS) is 46.4. The molecule has 4 aliphatic rings. The summed E-state index contributed by atoms with van der Waals surface area (Å²) in [7, 11) is 0. The number of carbonyl (C=O) groups is 2. The number of allylic oxidation sites excluding steroid dienone is 1. The Labute approximate surface area is 187 Å². The van der Waals surface area contributed by atoms with Gasteiger partial charge < -0.3 is 15.0 Å². The first-order valence-electron chi connectivity index (χ1n) is 12.7. The third-order valence-corrected chi connectivity index (χ3v) is 10.4. The second-order valence-electron chi connectivity index (χ2n) is 12.0. The number of fused-ring (bicyclic) bond motifs is 5. The quantitative estimate of drug-likeness (QED) is 0.590. The van der Waals surface area contributed by atoms with E-state index in [0.717, 1.165) is 69.6 Å². The van der Waals surface area contributed by atoms with E-state index in [2.05, 4.69) is 20.8 Å². The summed E-state index contributed by atoms with van der Waals surface area (Å²) < 4.78 is 0. The zero-order valence-electron chi connectivity index (χ0n) is 19.9. The van der Waals surface area contributed by atoms with Gasteiger partial charge in [0.05, 0.1) is 11.7 Å². The molecule has 0 radical (unpaired) electrons. The second kappa shape index (κ2) is 8.09. The van der Waals surface area contributed by atoms with Crippen LogP contribution in [0.1, 0.15) is 91.9 Å². The van der Waals surface area contributed by atoms with E-state index in [0.29, 0.717) is 18.3 Å². The molecule has 0 spiro atoms. The van der Waals surface area contributed by atoms with Gasteiger partial charge in [-0.05, 0) is 86.2 Å². The maximum absolute atomic E-state index is 13.2. The molecule has 174 valence electrons. The van der Waals surface area contributed by atoms with Gasteiger partial charge in [0.1, 0.15) is 6.29 Å². The van der Waals surface area contributed by atoms with Crippen molar-refractivity contribution < 1.29 is 19.8 Å². The van der Waals surface area contributed by atoms with Gasteiger partial charge in [0.2, 0.25) is 0 Å². The summed E-state index contributed by atoms with van der Waals surface area (Å²) in [6.07, 6.45) is 11.6. The molecule has 4 heteroatoms. The van der Waals surface area contributed by atoms with Crippen LogP contribution in [0.5, 0.6) is 0 Å². The Morgan fingerprint density at radius 1 is 1.10 bits per heavy atom. The third-order valence-electron chi connectivity index (χ3n) is 10.4. The number of hydrogen-bond donors (Lipinski definition) is 2. The Bertz CT molecular complexity index is 758. The van der Waals surface area contributed by atoms with Crippen molar-refractivity contribution in [3.63, 3.8) is 0 Å². The highest BCUT2D eigenvalue weighted by Gasteiger charge is 2.66. The topological polar surface area (TPSA) is 74.6 Å². The first-order chi connectivity index (χ1) is 14.6. The summed E-state index contributed by atoms with van der Waals surface area (Å²) in [6, 6.07) is 0. The zero-order chi connectivity index (χ0) is 22.6. The van der Waals surface area contributed by atoms with Gasteiger partial charge in [-0.2, -0.15) is 0 Å². The van der Waals surface area contributed by atoms with Crippen LogP contribution in [-0.2, 0) is 9.59 Å². The molecule has 0 saturated heterocycles. The summed E-state index contributed by atoms with van der Waals surface area (Å²) >= 11 is 0. The van der Waals surface area contributed by atoms with E-state index in [1.165, 1.54) is 0 Å². The Morgan fingerprint density at radius 2 is 1.84 bits per heavy atom. The average molecular weight is 431 g/mol. The minimum absolute atomic E-state index is 0.103. The summed E-state index contributed by atoms with van der Waals surface area (Å²) in [4.78, 5) is 24.1. The molecule has 3 fully saturated rings. The first-order valence-corrected chi connectivity index (χ1v) is 12.7. The van der Waals surface area contributed by atoms with Crippen molar-refractivity contribution in [1.82, 2.24) is 0 Å². The molecule has 1 unspecified atom stereocenters. The Kier molecular flexibility index (Phi) is 6.05. The van der Waals surface area contributed by atoms with E-state index in [-0.39, 0.29) is 40.5 Å². The molecule has 0 aliphatic heterocycles. The monoisotopic (exact) mass is 430 g/mol. The first kappa shape index (κ1) is 23.2. The standard InChI is InChI=1S/C27H42O4/c1-17(16-28)6-5-7-18(2)20-10-13-27(31)22-15-24(30)23-14-19(29)8-11-25(23,3)21(22)9-12-26(20,27)4/h15-21,23,29,31H,5-14H2,1-4H3/t17?,18-,19+,20-,21+,23+,25-,26-,27-/m1/s1. The molecule has 0 heterocycles. The van der Waals surface area contributed by atoms with Gasteiger partial charge in [-0.1, -0.05) is 40.5 Å². The van der Waals surface area contributed by atoms with Crippen molar-refractivity contribution in [2.75, 3.05) is 0 Å². The number of aldehydes is 1. The van der Waals surface area contributed by atoms with Crippen LogP contribution in [0.25, 0.3) is 0 Å². The molecule has 0 bridgehead atoms. The Morgan fingerprint density at radius 3 is 2.55 bits per heavy atom. The number of aliphatic hydroxyl groups is 2. The second-order valence-corrected chi connectivity index (χ2v) is 12.0. The van der Waals surface area contributed by atoms with E-state index in [1.54, 1.807) is 0 Å². The lowest BCUT2D eigenvalue weighted by Gasteiger charge is -2.59. The molecule has 9 atom stereocenters. The molecule has 3 saturated carbocycles. The van der Waals surface area contributed by atoms with Crippen molar-refractivity contribution in [3.8, 4) is 0 Å². The third kappa shape index (κ3) is 3.47. The number of carbonyl (C=O) groups excluding carboxylic acids is 2. The van der Waals surface area contributed by atoms with Crippen LogP contribution >= 0.6 is 0 Å². The predicted octanol–water partition coefficient (Wildman–Crippen LogP) is 4.86. The van der Waals surface area contributed by atoms with Crippen molar-refractivity contribution in [2.45, 2.75) is 104 Å². The van der Waals surface area contributed by atoms with Crippen LogP contribution in [0.4, 0.5) is 0 Å². The Balaban J connectivity index is 1.58. The molecule has 0 aromatic heterocycles. The lowest BCUT2D eigenvalue weighted by Crippen LogP contribution is -2.59. The van der Waals surface area contributed by atoms with Gasteiger partial charge in [0.25, 0.3) is 0 Å². The minimum atomic E-state index is -0.884. The number of ketones is 1. The summed E-state index contributed by atoms with van der Waals surface area (Å²) in [5.41, 5.74) is -0.190. The Hall–Kier alpha value is -1.00. The molecule has 4 nitrogen and oxygen atoms in total. The largest absolute Gasteiger partial charge is 0.393 e. The van der Waals surface area contributed by atoms with Crippen LogP contribution in [0, 0.1) is 40.4 Å². The summed E-state index contributed by atoms with van der Waals surface area (Å²) in [5, 5.41) is 22.4. The van der Waals surface area contributed by atoms with Gasteiger partial charge >= 0.3 is 0 Å². The van der Waals surface area contributed by atoms with Crippen molar-refractivity contribution >= 4 is 12.1 Å². The van der Waals surface area contributed by atoms with E-state index in [9.17, 15) is 19.8 Å². The van der Waals surface area contributed by atoms with Gasteiger partial charge in [0, 0.05) is 17.3 Å². The van der Waals surface area contributed by atoms with Gasteiger partial charge in [-0.15, -0.1) is 0 Å². The predicted molar refractivity (Wildman–Crippen MR) is 121 cm³/mol. The molecule has 4 rings (SSSR count). The highest BCUT2D eigenvalue weighted by Crippen LogP contribution is 2.68. The number of rotatable bonds is 6. The molecular formula is C27H42O4. The van der Waals surface area contributed by atoms with Crippen LogP contribution in [0.2, 0.25) is 0 Å². The summed E-state index contributed by atoms with van der Waals surface area (Å²) in [6.45, 7) is 8.82. The smallest absolute Gasteiger partial charge is 0.159 e. The molecular weight excluding hydrogens is 388 g/mol. The fraction of sp³-hybridized carbons (Fsp3) is 0.852. The van der Waals surface area contributed by atoms with Gasteiger partial charge in [0.15, 0.2) is 5.78 Å². The van der Waals surface area contributed by atoms with Crippen molar-refractivity contribution in [3.05, 3.63) is 11.6 Å². The molecule has 4 aliphatic carbocycles. The molecule has 0 amide bonds. The maximum atomic E-state index is 13.2. The molecule has 0 aromatic rings. The number of aliphatic hydroxyl groups excluding tert-OH is 1. The van der Waals surface area contributed by atoms with Crippen LogP contribution in [0.15, 0.2) is 11.6 Å². The lowest BCUT2D eigenvalue weighted by atomic mass is 9.46. The molecule has 2 N–H and O–H groups in total. The average Bonchev–Trinajstić information content (AvgIpc) is 3.01. The van der Waals surface area contributed by atoms with Gasteiger partial charge in [-0.3, -0.25) is 4.79 Å². The van der Waals surface area contributed by atoms with Crippen molar-refractivity contribution in [2.24, 2.45) is 40.4 Å². The van der Waals surface area contributed by atoms with E-state index in [4.69, 9.17) is 0 Å². The fourth-order valence-electron chi connectivity index (χ4n) is 8.30. The highest BCUT2D eigenvalue weighted by molar-refractivity contribution is 5.95. The highest BCUT2D eigenvalue weighted by atomic mass is 16.3. The van der Waals surface area contributed by atoms with Crippen LogP contribution < -0.4 is 0 Å². The van der Waals surface area contributed by atoms with E-state index >= 15 is 0 Å². The van der Waals surface area contributed by atoms with E-state index < -0.39 is 5.60 Å². The molecule has 0 aromatic carbocycles. The van der Waals surface area contributed by atoms with Crippen LogP contribution in [0.3, 0.4) is 0 Å². The van der Waals surface area contributed by atoms with Crippen molar-refractivity contribution in [1.29, 1.82) is 0 Å². The lowest BCUT2D eigenvalue weighted by molar-refractivity contribution is -0.141. The maximum Gasteiger partial charge on any atom is 0.159 e. The SMILES string of the molecule is CC(C=O)CCC[C@@H](C)[C@H]1CC[C@@]2(O)C3=CC(=O)[C@@H]4C[C@@H](O)CC[C@]4(C)[C@H]3CC[C@]12C. The van der Waals surface area contributed by atoms with Gasteiger partial charge in [-0.25, -0.2) is 0 Å². The molecule has 31 heavy (non-hydrogen) atoms. The number of hydrogen-bond acceptors (Lipinski definition) is 4. The van der Waals surface area contributed by atoms with Crippen LogP contribution in [-0.4, -0.2) is 34.0 Å². The van der Waals surface area contributed by atoms with E-state index in [1.807, 2.05) is 13.0 Å². The zero-order valence-corrected chi connectivity index (χ0v) is 19.9.